The van der Waals surface area contributed by atoms with E-state index in [0.717, 1.165) is 32.5 Å². The monoisotopic (exact) mass is 491 g/mol. The molecule has 1 aromatic heterocycles. The molecule has 1 amide bonds. The standard InChI is InChI=1S/C26H22ClN3O3S/c27-17-2-6-24-22(9-17)16(13-34-24)12-30-11-15(8-25(31)32)19-4-1-14(7-23(19)30)21-10-18(28)3-5-20(21)26(29)33/h1-7,9-10,13,15H,8,11-12,28H2,(H2,29,33)(H,31,32). The number of hydrogen-bond donors (Lipinski definition) is 3. The highest BCUT2D eigenvalue weighted by Crippen LogP contribution is 2.43. The zero-order valence-electron chi connectivity index (χ0n) is 18.1. The third-order valence-electron chi connectivity index (χ3n) is 6.27. The third kappa shape index (κ3) is 4.08. The van der Waals surface area contributed by atoms with Crippen LogP contribution in [0.3, 0.4) is 0 Å². The van der Waals surface area contributed by atoms with Crippen molar-refractivity contribution in [1.29, 1.82) is 0 Å². The summed E-state index contributed by atoms with van der Waals surface area (Å²) in [6, 6.07) is 16.7. The molecule has 0 fully saturated rings. The smallest absolute Gasteiger partial charge is 0.304 e. The van der Waals surface area contributed by atoms with E-state index in [1.807, 2.05) is 36.4 Å². The number of thiophene rings is 1. The molecule has 6 nitrogen and oxygen atoms in total. The molecular weight excluding hydrogens is 470 g/mol. The molecule has 0 spiro atoms. The van der Waals surface area contributed by atoms with Gasteiger partial charge >= 0.3 is 5.97 Å². The predicted molar refractivity (Wildman–Crippen MR) is 138 cm³/mol. The quantitative estimate of drug-likeness (QED) is 0.309. The van der Waals surface area contributed by atoms with E-state index in [9.17, 15) is 14.7 Å². The van der Waals surface area contributed by atoms with Crippen LogP contribution in [-0.2, 0) is 11.3 Å². The van der Waals surface area contributed by atoms with E-state index >= 15 is 0 Å². The average Bonchev–Trinajstić information content (AvgIpc) is 3.34. The summed E-state index contributed by atoms with van der Waals surface area (Å²) in [5.74, 6) is -1.49. The molecule has 0 radical (unpaired) electrons. The Labute approximate surface area is 205 Å². The fourth-order valence-electron chi connectivity index (χ4n) is 4.73. The highest BCUT2D eigenvalue weighted by Gasteiger charge is 2.31. The van der Waals surface area contributed by atoms with Crippen molar-refractivity contribution in [2.24, 2.45) is 5.73 Å². The molecule has 34 heavy (non-hydrogen) atoms. The molecule has 5 rings (SSSR count). The molecule has 3 aromatic carbocycles. The second-order valence-electron chi connectivity index (χ2n) is 8.52. The molecule has 172 valence electrons. The number of rotatable bonds is 6. The molecule has 0 saturated carbocycles. The molecule has 1 atom stereocenters. The van der Waals surface area contributed by atoms with Crippen LogP contribution < -0.4 is 16.4 Å². The van der Waals surface area contributed by atoms with Crippen LogP contribution in [0.5, 0.6) is 0 Å². The number of nitrogen functional groups attached to an aromatic ring is 1. The third-order valence-corrected chi connectivity index (χ3v) is 7.52. The molecule has 1 aliphatic rings. The second kappa shape index (κ2) is 8.66. The minimum absolute atomic E-state index is 0.0455. The lowest BCUT2D eigenvalue weighted by Gasteiger charge is -2.20. The van der Waals surface area contributed by atoms with Crippen LogP contribution in [-0.4, -0.2) is 23.5 Å². The Balaban J connectivity index is 1.59. The number of benzene rings is 3. The lowest BCUT2D eigenvalue weighted by atomic mass is 9.93. The Morgan fingerprint density at radius 3 is 2.71 bits per heavy atom. The number of halogens is 1. The summed E-state index contributed by atoms with van der Waals surface area (Å²) in [6.45, 7) is 1.20. The van der Waals surface area contributed by atoms with Crippen molar-refractivity contribution >= 4 is 56.3 Å². The second-order valence-corrected chi connectivity index (χ2v) is 9.87. The lowest BCUT2D eigenvalue weighted by Crippen LogP contribution is -2.22. The van der Waals surface area contributed by atoms with Crippen LogP contribution >= 0.6 is 22.9 Å². The van der Waals surface area contributed by atoms with Crippen molar-refractivity contribution in [2.45, 2.75) is 18.9 Å². The number of hydrogen-bond acceptors (Lipinski definition) is 5. The summed E-state index contributed by atoms with van der Waals surface area (Å²) < 4.78 is 1.15. The SMILES string of the molecule is NC(=O)c1ccc(N)cc1-c1ccc2c(c1)N(Cc1csc3ccc(Cl)cc13)CC2CC(=O)O. The van der Waals surface area contributed by atoms with Gasteiger partial charge in [0.1, 0.15) is 0 Å². The maximum Gasteiger partial charge on any atom is 0.304 e. The number of primary amides is 1. The fraction of sp³-hybridized carbons (Fsp3) is 0.154. The number of fused-ring (bicyclic) bond motifs is 2. The minimum Gasteiger partial charge on any atom is -0.481 e. The molecule has 0 saturated heterocycles. The van der Waals surface area contributed by atoms with Crippen LogP contribution in [0, 0.1) is 0 Å². The molecule has 2 heterocycles. The first kappa shape index (κ1) is 22.3. The summed E-state index contributed by atoms with van der Waals surface area (Å²) in [4.78, 5) is 25.8. The van der Waals surface area contributed by atoms with Gasteiger partial charge in [-0.2, -0.15) is 0 Å². The van der Waals surface area contributed by atoms with Crippen molar-refractivity contribution in [3.63, 3.8) is 0 Å². The fourth-order valence-corrected chi connectivity index (χ4v) is 5.83. The van der Waals surface area contributed by atoms with Crippen molar-refractivity contribution < 1.29 is 14.7 Å². The number of nitrogens with two attached hydrogens (primary N) is 2. The highest BCUT2D eigenvalue weighted by molar-refractivity contribution is 7.17. The molecule has 8 heteroatoms. The van der Waals surface area contributed by atoms with Gasteiger partial charge in [0.25, 0.3) is 0 Å². The highest BCUT2D eigenvalue weighted by atomic mass is 35.5. The first-order valence-electron chi connectivity index (χ1n) is 10.8. The van der Waals surface area contributed by atoms with Gasteiger partial charge in [-0.25, -0.2) is 0 Å². The molecule has 0 bridgehead atoms. The number of nitrogens with zero attached hydrogens (tertiary/aromatic N) is 1. The van der Waals surface area contributed by atoms with Gasteiger partial charge in [0, 0.05) is 45.7 Å². The molecule has 1 aliphatic heterocycles. The van der Waals surface area contributed by atoms with E-state index in [1.54, 1.807) is 29.5 Å². The van der Waals surface area contributed by atoms with E-state index < -0.39 is 11.9 Å². The Kier molecular flexibility index (Phi) is 5.67. The van der Waals surface area contributed by atoms with Crippen LogP contribution in [0.25, 0.3) is 21.2 Å². The van der Waals surface area contributed by atoms with Gasteiger partial charge in [-0.05, 0) is 75.5 Å². The summed E-state index contributed by atoms with van der Waals surface area (Å²) in [5.41, 5.74) is 17.1. The number of carbonyl (C=O) groups excluding carboxylic acids is 1. The van der Waals surface area contributed by atoms with Gasteiger partial charge in [-0.1, -0.05) is 23.7 Å². The zero-order valence-corrected chi connectivity index (χ0v) is 19.7. The Bertz CT molecular complexity index is 1450. The maximum atomic E-state index is 12.0. The first-order valence-corrected chi connectivity index (χ1v) is 12.0. The Hall–Kier alpha value is -3.55. The molecular formula is C26H22ClN3O3S. The van der Waals surface area contributed by atoms with Gasteiger partial charge < -0.3 is 21.5 Å². The number of anilines is 2. The van der Waals surface area contributed by atoms with Gasteiger partial charge in [0.15, 0.2) is 0 Å². The van der Waals surface area contributed by atoms with Crippen molar-refractivity contribution in [3.8, 4) is 11.1 Å². The van der Waals surface area contributed by atoms with Crippen molar-refractivity contribution in [3.05, 3.63) is 81.7 Å². The number of amides is 1. The summed E-state index contributed by atoms with van der Waals surface area (Å²) in [5, 5.41) is 13.4. The van der Waals surface area contributed by atoms with Crippen LogP contribution in [0.15, 0.2) is 60.0 Å². The number of carboxylic acid groups (broad SMARTS) is 1. The number of aliphatic carboxylic acids is 1. The van der Waals surface area contributed by atoms with Crippen LogP contribution in [0.4, 0.5) is 11.4 Å². The van der Waals surface area contributed by atoms with E-state index in [2.05, 4.69) is 10.3 Å². The Morgan fingerprint density at radius 2 is 1.94 bits per heavy atom. The average molecular weight is 492 g/mol. The Morgan fingerprint density at radius 1 is 1.12 bits per heavy atom. The van der Waals surface area contributed by atoms with Crippen LogP contribution in [0.1, 0.15) is 33.8 Å². The summed E-state index contributed by atoms with van der Waals surface area (Å²) in [7, 11) is 0. The van der Waals surface area contributed by atoms with Crippen LogP contribution in [0.2, 0.25) is 5.02 Å². The molecule has 5 N–H and O–H groups in total. The lowest BCUT2D eigenvalue weighted by molar-refractivity contribution is -0.137. The van der Waals surface area contributed by atoms with Crippen molar-refractivity contribution in [1.82, 2.24) is 0 Å². The first-order chi connectivity index (χ1) is 16.3. The summed E-state index contributed by atoms with van der Waals surface area (Å²) >= 11 is 7.91. The molecule has 0 aliphatic carbocycles. The molecule has 4 aromatic rings. The predicted octanol–water partition coefficient (Wildman–Crippen LogP) is 5.48. The normalized spacial score (nSPS) is 15.0. The zero-order chi connectivity index (χ0) is 24.0. The van der Waals surface area contributed by atoms with E-state index in [1.165, 1.54) is 0 Å². The van der Waals surface area contributed by atoms with Gasteiger partial charge in [0.2, 0.25) is 5.91 Å². The van der Waals surface area contributed by atoms with E-state index in [-0.39, 0.29) is 12.3 Å². The van der Waals surface area contributed by atoms with E-state index in [0.29, 0.717) is 34.9 Å². The van der Waals surface area contributed by atoms with Crippen molar-refractivity contribution in [2.75, 3.05) is 17.2 Å². The minimum atomic E-state index is -0.832. The summed E-state index contributed by atoms with van der Waals surface area (Å²) in [6.07, 6.45) is 0.0455. The maximum absolute atomic E-state index is 12.0. The van der Waals surface area contributed by atoms with Gasteiger partial charge in [-0.3, -0.25) is 9.59 Å². The van der Waals surface area contributed by atoms with Gasteiger partial charge in [0.05, 0.1) is 6.42 Å². The van der Waals surface area contributed by atoms with E-state index in [4.69, 9.17) is 23.1 Å². The number of carbonyl (C=O) groups is 2. The largest absolute Gasteiger partial charge is 0.481 e. The topological polar surface area (TPSA) is 110 Å². The number of carboxylic acids is 1. The van der Waals surface area contributed by atoms with Gasteiger partial charge in [-0.15, -0.1) is 11.3 Å². The molecule has 1 unspecified atom stereocenters.